The Labute approximate surface area is 134 Å². The number of anilines is 1. The maximum absolute atomic E-state index is 13.1. The van der Waals surface area contributed by atoms with Crippen LogP contribution in [0.15, 0.2) is 24.3 Å². The van der Waals surface area contributed by atoms with Crippen LogP contribution in [0.5, 0.6) is 0 Å². The average molecular weight is 299 g/mol. The third-order valence-electron chi connectivity index (χ3n) is 6.05. The molecule has 1 spiro atoms. The first-order valence-corrected chi connectivity index (χ1v) is 9.09. The van der Waals surface area contributed by atoms with E-state index in [1.54, 1.807) is 0 Å². The molecule has 2 nitrogen and oxygen atoms in total. The standard InChI is InChI=1S/C20H29NO/c1-3-16-6-5-12-20(13-11-16)14-15-21(19(20)22)18-9-7-17(4-2)8-10-18/h7-10,16H,3-6,11-15H2,1-2H3. The number of aryl methyl sites for hydroxylation is 1. The normalized spacial score (nSPS) is 29.1. The van der Waals surface area contributed by atoms with E-state index in [-0.39, 0.29) is 5.41 Å². The summed E-state index contributed by atoms with van der Waals surface area (Å²) in [6, 6.07) is 8.57. The van der Waals surface area contributed by atoms with Crippen molar-refractivity contribution in [1.82, 2.24) is 0 Å². The van der Waals surface area contributed by atoms with Crippen LogP contribution in [0.4, 0.5) is 5.69 Å². The molecule has 22 heavy (non-hydrogen) atoms. The second-order valence-corrected chi connectivity index (χ2v) is 7.21. The Morgan fingerprint density at radius 2 is 1.86 bits per heavy atom. The van der Waals surface area contributed by atoms with Gasteiger partial charge in [0.1, 0.15) is 0 Å². The smallest absolute Gasteiger partial charge is 0.233 e. The molecule has 120 valence electrons. The predicted octanol–water partition coefficient (Wildman–Crippen LogP) is 4.96. The van der Waals surface area contributed by atoms with Crippen LogP contribution in [0.3, 0.4) is 0 Å². The summed E-state index contributed by atoms with van der Waals surface area (Å²) >= 11 is 0. The van der Waals surface area contributed by atoms with E-state index in [1.807, 2.05) is 4.90 Å². The van der Waals surface area contributed by atoms with Crippen LogP contribution >= 0.6 is 0 Å². The summed E-state index contributed by atoms with van der Waals surface area (Å²) in [5.41, 5.74) is 2.38. The van der Waals surface area contributed by atoms with Gasteiger partial charge < -0.3 is 4.90 Å². The van der Waals surface area contributed by atoms with Gasteiger partial charge in [0.25, 0.3) is 0 Å². The van der Waals surface area contributed by atoms with E-state index < -0.39 is 0 Å². The number of amides is 1. The van der Waals surface area contributed by atoms with Gasteiger partial charge in [-0.3, -0.25) is 4.79 Å². The van der Waals surface area contributed by atoms with Gasteiger partial charge in [-0.1, -0.05) is 45.2 Å². The molecule has 2 fully saturated rings. The van der Waals surface area contributed by atoms with Crippen molar-refractivity contribution in [2.45, 2.75) is 65.2 Å². The molecule has 1 saturated heterocycles. The fourth-order valence-corrected chi connectivity index (χ4v) is 4.33. The molecule has 3 rings (SSSR count). The third kappa shape index (κ3) is 2.80. The van der Waals surface area contributed by atoms with Gasteiger partial charge in [0.05, 0.1) is 5.41 Å². The topological polar surface area (TPSA) is 20.3 Å². The molecule has 0 aromatic heterocycles. The minimum Gasteiger partial charge on any atom is -0.312 e. The molecule has 1 aromatic carbocycles. The summed E-state index contributed by atoms with van der Waals surface area (Å²) in [5.74, 6) is 1.23. The molecule has 0 N–H and O–H groups in total. The van der Waals surface area contributed by atoms with Crippen molar-refractivity contribution in [3.8, 4) is 0 Å². The summed E-state index contributed by atoms with van der Waals surface area (Å²) in [6.45, 7) is 5.36. The number of hydrogen-bond donors (Lipinski definition) is 0. The Morgan fingerprint density at radius 3 is 2.55 bits per heavy atom. The number of carbonyl (C=O) groups excluding carboxylic acids is 1. The SMILES string of the molecule is CCc1ccc(N2CCC3(CCCC(CC)CC3)C2=O)cc1. The van der Waals surface area contributed by atoms with E-state index in [1.165, 1.54) is 31.2 Å². The van der Waals surface area contributed by atoms with Crippen LogP contribution in [0, 0.1) is 11.3 Å². The maximum atomic E-state index is 13.1. The van der Waals surface area contributed by atoms with Crippen molar-refractivity contribution in [3.05, 3.63) is 29.8 Å². The number of carbonyl (C=O) groups is 1. The van der Waals surface area contributed by atoms with E-state index in [0.717, 1.165) is 43.8 Å². The van der Waals surface area contributed by atoms with Gasteiger partial charge in [-0.15, -0.1) is 0 Å². The Kier molecular flexibility index (Phi) is 4.56. The molecule has 1 heterocycles. The molecule has 0 radical (unpaired) electrons. The van der Waals surface area contributed by atoms with Gasteiger partial charge in [-0.05, 0) is 55.7 Å². The van der Waals surface area contributed by atoms with Crippen molar-refractivity contribution in [2.24, 2.45) is 11.3 Å². The molecule has 2 heteroatoms. The van der Waals surface area contributed by atoms with E-state index in [4.69, 9.17) is 0 Å². The Balaban J connectivity index is 1.76. The van der Waals surface area contributed by atoms with Gasteiger partial charge >= 0.3 is 0 Å². The van der Waals surface area contributed by atoms with Crippen molar-refractivity contribution in [2.75, 3.05) is 11.4 Å². The Bertz CT molecular complexity index is 521. The molecule has 0 bridgehead atoms. The summed E-state index contributed by atoms with van der Waals surface area (Å²) in [4.78, 5) is 15.2. The fraction of sp³-hybridized carbons (Fsp3) is 0.650. The third-order valence-corrected chi connectivity index (χ3v) is 6.05. The average Bonchev–Trinajstić information content (AvgIpc) is 2.75. The lowest BCUT2D eigenvalue weighted by atomic mass is 9.78. The van der Waals surface area contributed by atoms with Crippen LogP contribution in [0.25, 0.3) is 0 Å². The predicted molar refractivity (Wildman–Crippen MR) is 92.1 cm³/mol. The van der Waals surface area contributed by atoms with Crippen LogP contribution < -0.4 is 4.90 Å². The summed E-state index contributed by atoms with van der Waals surface area (Å²) < 4.78 is 0. The van der Waals surface area contributed by atoms with Crippen LogP contribution in [-0.4, -0.2) is 12.5 Å². The molecule has 2 aliphatic rings. The molecular formula is C20H29NO. The van der Waals surface area contributed by atoms with E-state index in [2.05, 4.69) is 38.1 Å². The van der Waals surface area contributed by atoms with E-state index in [9.17, 15) is 4.79 Å². The second kappa shape index (κ2) is 6.44. The minimum absolute atomic E-state index is 0.0483. The summed E-state index contributed by atoms with van der Waals surface area (Å²) in [6.07, 6.45) is 9.37. The largest absolute Gasteiger partial charge is 0.312 e. The van der Waals surface area contributed by atoms with Gasteiger partial charge in [0, 0.05) is 12.2 Å². The Hall–Kier alpha value is -1.31. The number of rotatable bonds is 3. The molecule has 1 amide bonds. The fourth-order valence-electron chi connectivity index (χ4n) is 4.33. The molecular weight excluding hydrogens is 270 g/mol. The second-order valence-electron chi connectivity index (χ2n) is 7.21. The molecule has 1 aliphatic carbocycles. The lowest BCUT2D eigenvalue weighted by molar-refractivity contribution is -0.126. The summed E-state index contributed by atoms with van der Waals surface area (Å²) in [7, 11) is 0. The Morgan fingerprint density at radius 1 is 1.09 bits per heavy atom. The highest BCUT2D eigenvalue weighted by atomic mass is 16.2. The highest BCUT2D eigenvalue weighted by Gasteiger charge is 2.47. The first-order valence-electron chi connectivity index (χ1n) is 9.09. The lowest BCUT2D eigenvalue weighted by Crippen LogP contribution is -2.34. The molecule has 1 saturated carbocycles. The highest BCUT2D eigenvalue weighted by Crippen LogP contribution is 2.46. The molecule has 2 atom stereocenters. The van der Waals surface area contributed by atoms with Gasteiger partial charge in [-0.2, -0.15) is 0 Å². The first kappa shape index (κ1) is 15.6. The number of nitrogens with zero attached hydrogens (tertiary/aromatic N) is 1. The van der Waals surface area contributed by atoms with Gasteiger partial charge in [-0.25, -0.2) is 0 Å². The molecule has 1 aromatic rings. The monoisotopic (exact) mass is 299 g/mol. The zero-order valence-corrected chi connectivity index (χ0v) is 14.1. The van der Waals surface area contributed by atoms with Crippen LogP contribution in [0.2, 0.25) is 0 Å². The van der Waals surface area contributed by atoms with Crippen LogP contribution in [0.1, 0.15) is 64.4 Å². The van der Waals surface area contributed by atoms with E-state index >= 15 is 0 Å². The number of benzene rings is 1. The van der Waals surface area contributed by atoms with Gasteiger partial charge in [0.2, 0.25) is 5.91 Å². The number of hydrogen-bond acceptors (Lipinski definition) is 1. The lowest BCUT2D eigenvalue weighted by Gasteiger charge is -2.26. The molecule has 2 unspecified atom stereocenters. The highest BCUT2D eigenvalue weighted by molar-refractivity contribution is 5.99. The minimum atomic E-state index is -0.0483. The summed E-state index contributed by atoms with van der Waals surface area (Å²) in [5, 5.41) is 0. The maximum Gasteiger partial charge on any atom is 0.233 e. The van der Waals surface area contributed by atoms with Crippen molar-refractivity contribution >= 4 is 11.6 Å². The van der Waals surface area contributed by atoms with Crippen LogP contribution in [-0.2, 0) is 11.2 Å². The van der Waals surface area contributed by atoms with Gasteiger partial charge in [0.15, 0.2) is 0 Å². The van der Waals surface area contributed by atoms with Crippen molar-refractivity contribution in [1.29, 1.82) is 0 Å². The quantitative estimate of drug-likeness (QED) is 0.772. The zero-order chi connectivity index (χ0) is 15.6. The first-order chi connectivity index (χ1) is 10.7. The van der Waals surface area contributed by atoms with Crippen molar-refractivity contribution < 1.29 is 4.79 Å². The van der Waals surface area contributed by atoms with E-state index in [0.29, 0.717) is 5.91 Å². The molecule has 1 aliphatic heterocycles. The van der Waals surface area contributed by atoms with Crippen molar-refractivity contribution in [3.63, 3.8) is 0 Å². The zero-order valence-electron chi connectivity index (χ0n) is 14.1.